The van der Waals surface area contributed by atoms with Gasteiger partial charge < -0.3 is 14.4 Å². The van der Waals surface area contributed by atoms with Gasteiger partial charge in [-0.3, -0.25) is 9.78 Å². The molecule has 2 atom stereocenters. The summed E-state index contributed by atoms with van der Waals surface area (Å²) in [7, 11) is 1.65. The maximum atomic E-state index is 12.9. The van der Waals surface area contributed by atoms with Crippen LogP contribution in [0.1, 0.15) is 31.2 Å². The number of ether oxygens (including phenoxy) is 2. The number of benzene rings is 1. The third-order valence-electron chi connectivity index (χ3n) is 5.44. The van der Waals surface area contributed by atoms with E-state index in [1.165, 1.54) is 0 Å². The van der Waals surface area contributed by atoms with Crippen LogP contribution in [0.25, 0.3) is 0 Å². The van der Waals surface area contributed by atoms with Gasteiger partial charge in [0.1, 0.15) is 17.6 Å². The fourth-order valence-electron chi connectivity index (χ4n) is 4.25. The van der Waals surface area contributed by atoms with E-state index in [2.05, 4.69) is 9.88 Å². The Morgan fingerprint density at radius 2 is 1.69 bits per heavy atom. The zero-order valence-corrected chi connectivity index (χ0v) is 15.0. The number of amides is 1. The molecular weight excluding hydrogens is 328 g/mol. The lowest BCUT2D eigenvalue weighted by Crippen LogP contribution is -2.49. The smallest absolute Gasteiger partial charge is 0.227 e. The van der Waals surface area contributed by atoms with Gasteiger partial charge in [0.2, 0.25) is 5.91 Å². The molecule has 136 valence electrons. The molecule has 2 aliphatic rings. The van der Waals surface area contributed by atoms with Crippen molar-refractivity contribution in [3.63, 3.8) is 0 Å². The van der Waals surface area contributed by atoms with Crippen LogP contribution >= 0.6 is 0 Å². The summed E-state index contributed by atoms with van der Waals surface area (Å²) in [6.07, 6.45) is 8.10. The number of pyridine rings is 1. The standard InChI is InChI=1S/C21H24N2O3/c1-25-18-6-2-15(3-7-18)12-21(24)23-16-4-5-17(23)14-20(13-16)26-19-8-10-22-11-9-19/h2-3,6-11,16-17,20H,4-5,12-14H2,1H3. The van der Waals surface area contributed by atoms with E-state index >= 15 is 0 Å². The number of carbonyl (C=O) groups excluding carboxylic acids is 1. The Bertz CT molecular complexity index is 734. The molecule has 3 heterocycles. The zero-order chi connectivity index (χ0) is 17.9. The second-order valence-corrected chi connectivity index (χ2v) is 7.11. The third kappa shape index (κ3) is 3.52. The average molecular weight is 352 g/mol. The SMILES string of the molecule is COc1ccc(CC(=O)N2C3CCC2CC(Oc2ccncc2)C3)cc1. The van der Waals surface area contributed by atoms with Crippen molar-refractivity contribution in [2.24, 2.45) is 0 Å². The first-order valence-electron chi connectivity index (χ1n) is 9.23. The van der Waals surface area contributed by atoms with Crippen LogP contribution in [0.4, 0.5) is 0 Å². The van der Waals surface area contributed by atoms with Crippen LogP contribution in [0.15, 0.2) is 48.8 Å². The van der Waals surface area contributed by atoms with Crippen LogP contribution in [-0.4, -0.2) is 41.1 Å². The fraction of sp³-hybridized carbons (Fsp3) is 0.429. The Balaban J connectivity index is 1.38. The molecule has 0 aliphatic carbocycles. The maximum absolute atomic E-state index is 12.9. The van der Waals surface area contributed by atoms with E-state index < -0.39 is 0 Å². The summed E-state index contributed by atoms with van der Waals surface area (Å²) < 4.78 is 11.3. The predicted molar refractivity (Wildman–Crippen MR) is 98.2 cm³/mol. The summed E-state index contributed by atoms with van der Waals surface area (Å²) in [6.45, 7) is 0. The maximum Gasteiger partial charge on any atom is 0.227 e. The van der Waals surface area contributed by atoms with Gasteiger partial charge in [0.05, 0.1) is 13.5 Å². The Hall–Kier alpha value is -2.56. The topological polar surface area (TPSA) is 51.7 Å². The van der Waals surface area contributed by atoms with E-state index in [0.29, 0.717) is 18.5 Å². The van der Waals surface area contributed by atoms with Crippen LogP contribution in [-0.2, 0) is 11.2 Å². The lowest BCUT2D eigenvalue weighted by atomic mass is 9.98. The summed E-state index contributed by atoms with van der Waals surface area (Å²) >= 11 is 0. The van der Waals surface area contributed by atoms with Gasteiger partial charge in [-0.05, 0) is 42.7 Å². The number of rotatable bonds is 5. The van der Waals surface area contributed by atoms with Crippen LogP contribution < -0.4 is 9.47 Å². The Morgan fingerprint density at radius 1 is 1.04 bits per heavy atom. The second kappa shape index (κ2) is 7.36. The molecule has 0 spiro atoms. The molecule has 2 saturated heterocycles. The largest absolute Gasteiger partial charge is 0.497 e. The lowest BCUT2D eigenvalue weighted by Gasteiger charge is -2.39. The van der Waals surface area contributed by atoms with Gasteiger partial charge in [-0.1, -0.05) is 12.1 Å². The lowest BCUT2D eigenvalue weighted by molar-refractivity contribution is -0.136. The van der Waals surface area contributed by atoms with Gasteiger partial charge in [-0.2, -0.15) is 0 Å². The summed E-state index contributed by atoms with van der Waals surface area (Å²) in [5, 5.41) is 0. The molecule has 2 aliphatic heterocycles. The highest BCUT2D eigenvalue weighted by atomic mass is 16.5. The van der Waals surface area contributed by atoms with E-state index in [-0.39, 0.29) is 12.0 Å². The average Bonchev–Trinajstić information content (AvgIpc) is 2.94. The number of fused-ring (bicyclic) bond motifs is 2. The molecule has 0 radical (unpaired) electrons. The quantitative estimate of drug-likeness (QED) is 0.829. The molecule has 1 amide bonds. The summed E-state index contributed by atoms with van der Waals surface area (Å²) in [5.74, 6) is 1.91. The molecule has 4 rings (SSSR count). The molecular formula is C21H24N2O3. The van der Waals surface area contributed by atoms with Gasteiger partial charge in [0.25, 0.3) is 0 Å². The molecule has 1 aromatic heterocycles. The molecule has 2 aromatic rings. The Labute approximate surface area is 153 Å². The van der Waals surface area contributed by atoms with Crippen molar-refractivity contribution in [2.75, 3.05) is 7.11 Å². The normalized spacial score (nSPS) is 24.3. The van der Waals surface area contributed by atoms with Crippen LogP contribution in [0, 0.1) is 0 Å². The van der Waals surface area contributed by atoms with E-state index in [0.717, 1.165) is 42.7 Å². The summed E-state index contributed by atoms with van der Waals surface area (Å²) in [5.41, 5.74) is 1.03. The first kappa shape index (κ1) is 16.9. The first-order valence-corrected chi connectivity index (χ1v) is 9.23. The number of piperidine rings is 1. The molecule has 5 heteroatoms. The minimum atomic E-state index is 0.180. The molecule has 0 N–H and O–H groups in total. The molecule has 2 unspecified atom stereocenters. The van der Waals surface area contributed by atoms with E-state index in [1.54, 1.807) is 19.5 Å². The summed E-state index contributed by atoms with van der Waals surface area (Å²) in [6, 6.07) is 12.1. The van der Waals surface area contributed by atoms with Crippen molar-refractivity contribution < 1.29 is 14.3 Å². The highest BCUT2D eigenvalue weighted by molar-refractivity contribution is 5.80. The third-order valence-corrected chi connectivity index (χ3v) is 5.44. The molecule has 2 fully saturated rings. The van der Waals surface area contributed by atoms with Gasteiger partial charge in [0.15, 0.2) is 0 Å². The molecule has 26 heavy (non-hydrogen) atoms. The van der Waals surface area contributed by atoms with Crippen LogP contribution in [0.2, 0.25) is 0 Å². The number of hydrogen-bond acceptors (Lipinski definition) is 4. The van der Waals surface area contributed by atoms with Crippen molar-refractivity contribution in [1.29, 1.82) is 0 Å². The highest BCUT2D eigenvalue weighted by Gasteiger charge is 2.43. The van der Waals surface area contributed by atoms with Crippen molar-refractivity contribution in [2.45, 2.75) is 50.3 Å². The number of aromatic nitrogens is 1. The fourth-order valence-corrected chi connectivity index (χ4v) is 4.25. The van der Waals surface area contributed by atoms with Gasteiger partial charge in [0, 0.05) is 37.3 Å². The van der Waals surface area contributed by atoms with E-state index in [4.69, 9.17) is 9.47 Å². The van der Waals surface area contributed by atoms with E-state index in [9.17, 15) is 4.79 Å². The highest BCUT2D eigenvalue weighted by Crippen LogP contribution is 2.37. The van der Waals surface area contributed by atoms with Crippen molar-refractivity contribution >= 4 is 5.91 Å². The number of carbonyl (C=O) groups is 1. The van der Waals surface area contributed by atoms with Crippen LogP contribution in [0.5, 0.6) is 11.5 Å². The molecule has 2 bridgehead atoms. The first-order chi connectivity index (χ1) is 12.7. The molecule has 0 saturated carbocycles. The number of nitrogens with zero attached hydrogens (tertiary/aromatic N) is 2. The van der Waals surface area contributed by atoms with Crippen LogP contribution in [0.3, 0.4) is 0 Å². The van der Waals surface area contributed by atoms with Gasteiger partial charge >= 0.3 is 0 Å². The monoisotopic (exact) mass is 352 g/mol. The molecule has 1 aromatic carbocycles. The number of hydrogen-bond donors (Lipinski definition) is 0. The summed E-state index contributed by atoms with van der Waals surface area (Å²) in [4.78, 5) is 19.0. The van der Waals surface area contributed by atoms with Crippen molar-refractivity contribution in [3.05, 3.63) is 54.4 Å². The molecule has 5 nitrogen and oxygen atoms in total. The Morgan fingerprint density at radius 3 is 2.31 bits per heavy atom. The minimum absolute atomic E-state index is 0.180. The Kier molecular flexibility index (Phi) is 4.78. The number of methoxy groups -OCH3 is 1. The van der Waals surface area contributed by atoms with Crippen molar-refractivity contribution in [3.8, 4) is 11.5 Å². The zero-order valence-electron chi connectivity index (χ0n) is 15.0. The van der Waals surface area contributed by atoms with Crippen molar-refractivity contribution in [1.82, 2.24) is 9.88 Å². The second-order valence-electron chi connectivity index (χ2n) is 7.11. The predicted octanol–water partition coefficient (Wildman–Crippen LogP) is 3.23. The van der Waals surface area contributed by atoms with Gasteiger partial charge in [-0.15, -0.1) is 0 Å². The minimum Gasteiger partial charge on any atom is -0.497 e. The van der Waals surface area contributed by atoms with Gasteiger partial charge in [-0.25, -0.2) is 0 Å². The van der Waals surface area contributed by atoms with E-state index in [1.807, 2.05) is 36.4 Å².